The average molecular weight is 351 g/mol. The van der Waals surface area contributed by atoms with Crippen molar-refractivity contribution in [3.05, 3.63) is 65.7 Å². The summed E-state index contributed by atoms with van der Waals surface area (Å²) in [5.41, 5.74) is 2.61. The summed E-state index contributed by atoms with van der Waals surface area (Å²) in [5.74, 6) is 1.82. The van der Waals surface area contributed by atoms with Crippen LogP contribution >= 0.6 is 0 Å². The molecule has 1 aliphatic heterocycles. The van der Waals surface area contributed by atoms with Gasteiger partial charge in [0.05, 0.1) is 0 Å². The molecular formula is C23H30N2O. The standard InChI is InChI=1S/C23H30N2O/c1-2-8-19(9-3-1)18-26-22-13-7-6-12-21(22)23(20-10-4-5-11-20)25-16-14-24-15-17-25/h1-3,6-9,12-13,20,23-24H,4-5,10-11,14-18H2/t23-/m1/s1. The Labute approximate surface area is 157 Å². The first-order chi connectivity index (χ1) is 12.9. The van der Waals surface area contributed by atoms with Gasteiger partial charge in [0.1, 0.15) is 12.4 Å². The molecule has 2 aromatic rings. The zero-order chi connectivity index (χ0) is 17.6. The van der Waals surface area contributed by atoms with Crippen LogP contribution in [0.15, 0.2) is 54.6 Å². The van der Waals surface area contributed by atoms with Gasteiger partial charge in [-0.25, -0.2) is 0 Å². The largest absolute Gasteiger partial charge is 0.489 e. The van der Waals surface area contributed by atoms with E-state index in [1.807, 2.05) is 0 Å². The van der Waals surface area contributed by atoms with E-state index in [0.29, 0.717) is 12.6 Å². The highest BCUT2D eigenvalue weighted by Gasteiger charge is 2.33. The normalized spacial score (nSPS) is 20.2. The third-order valence-corrected chi connectivity index (χ3v) is 5.87. The number of hydrogen-bond acceptors (Lipinski definition) is 3. The van der Waals surface area contributed by atoms with Gasteiger partial charge in [-0.3, -0.25) is 4.90 Å². The molecule has 0 aromatic heterocycles. The van der Waals surface area contributed by atoms with Gasteiger partial charge >= 0.3 is 0 Å². The van der Waals surface area contributed by atoms with Crippen LogP contribution in [-0.4, -0.2) is 31.1 Å². The minimum absolute atomic E-state index is 0.492. The Kier molecular flexibility index (Phi) is 5.88. The van der Waals surface area contributed by atoms with Crippen molar-refractivity contribution in [3.8, 4) is 5.75 Å². The van der Waals surface area contributed by atoms with E-state index in [1.54, 1.807) is 0 Å². The predicted molar refractivity (Wildman–Crippen MR) is 106 cm³/mol. The van der Waals surface area contributed by atoms with E-state index < -0.39 is 0 Å². The van der Waals surface area contributed by atoms with Crippen LogP contribution in [0.1, 0.15) is 42.9 Å². The Balaban J connectivity index is 1.58. The van der Waals surface area contributed by atoms with Gasteiger partial charge in [0.2, 0.25) is 0 Å². The maximum atomic E-state index is 6.31. The molecule has 2 aliphatic rings. The van der Waals surface area contributed by atoms with Crippen LogP contribution in [0.5, 0.6) is 5.75 Å². The van der Waals surface area contributed by atoms with Gasteiger partial charge in [-0.1, -0.05) is 61.4 Å². The lowest BCUT2D eigenvalue weighted by molar-refractivity contribution is 0.122. The first kappa shape index (κ1) is 17.6. The smallest absolute Gasteiger partial charge is 0.124 e. The van der Waals surface area contributed by atoms with Gasteiger partial charge in [-0.15, -0.1) is 0 Å². The lowest BCUT2D eigenvalue weighted by atomic mass is 9.89. The molecule has 1 atom stereocenters. The van der Waals surface area contributed by atoms with Crippen molar-refractivity contribution in [3.63, 3.8) is 0 Å². The number of benzene rings is 2. The zero-order valence-electron chi connectivity index (χ0n) is 15.6. The van der Waals surface area contributed by atoms with Crippen molar-refractivity contribution in [1.82, 2.24) is 10.2 Å². The van der Waals surface area contributed by atoms with Crippen molar-refractivity contribution in [2.45, 2.75) is 38.3 Å². The van der Waals surface area contributed by atoms with Crippen LogP contribution < -0.4 is 10.1 Å². The molecule has 0 unspecified atom stereocenters. The Morgan fingerprint density at radius 3 is 2.38 bits per heavy atom. The summed E-state index contributed by atoms with van der Waals surface area (Å²) in [6, 6.07) is 19.7. The summed E-state index contributed by atoms with van der Waals surface area (Å²) in [4.78, 5) is 2.69. The van der Waals surface area contributed by atoms with Gasteiger partial charge in [0.15, 0.2) is 0 Å². The second-order valence-corrected chi connectivity index (χ2v) is 7.59. The van der Waals surface area contributed by atoms with Crippen LogP contribution in [0.2, 0.25) is 0 Å². The molecule has 1 saturated heterocycles. The fourth-order valence-corrected chi connectivity index (χ4v) is 4.57. The van der Waals surface area contributed by atoms with E-state index in [0.717, 1.165) is 37.8 Å². The van der Waals surface area contributed by atoms with Gasteiger partial charge in [0, 0.05) is 37.8 Å². The number of piperazine rings is 1. The molecular weight excluding hydrogens is 320 g/mol. The SMILES string of the molecule is c1ccc(COc2ccccc2[C@@H](C2CCCC2)N2CCNCC2)cc1. The van der Waals surface area contributed by atoms with Gasteiger partial charge in [-0.05, 0) is 30.4 Å². The Morgan fingerprint density at radius 2 is 1.62 bits per heavy atom. The maximum absolute atomic E-state index is 6.31. The van der Waals surface area contributed by atoms with Crippen LogP contribution in [-0.2, 0) is 6.61 Å². The highest BCUT2D eigenvalue weighted by atomic mass is 16.5. The lowest BCUT2D eigenvalue weighted by Gasteiger charge is -2.39. The predicted octanol–water partition coefficient (Wildman–Crippen LogP) is 4.40. The van der Waals surface area contributed by atoms with E-state index >= 15 is 0 Å². The van der Waals surface area contributed by atoms with Crippen molar-refractivity contribution < 1.29 is 4.74 Å². The molecule has 0 radical (unpaired) electrons. The quantitative estimate of drug-likeness (QED) is 0.835. The molecule has 2 fully saturated rings. The van der Waals surface area contributed by atoms with Crippen molar-refractivity contribution in [2.75, 3.05) is 26.2 Å². The average Bonchev–Trinajstić information content (AvgIpc) is 3.23. The van der Waals surface area contributed by atoms with E-state index in [1.165, 1.54) is 36.8 Å². The fourth-order valence-electron chi connectivity index (χ4n) is 4.57. The van der Waals surface area contributed by atoms with Crippen LogP contribution in [0, 0.1) is 5.92 Å². The molecule has 1 aliphatic carbocycles. The summed E-state index contributed by atoms with van der Waals surface area (Å²) in [7, 11) is 0. The van der Waals surface area contributed by atoms with E-state index in [4.69, 9.17) is 4.74 Å². The van der Waals surface area contributed by atoms with E-state index in [9.17, 15) is 0 Å². The first-order valence-electron chi connectivity index (χ1n) is 10.1. The molecule has 26 heavy (non-hydrogen) atoms. The van der Waals surface area contributed by atoms with Crippen molar-refractivity contribution >= 4 is 0 Å². The summed E-state index contributed by atoms with van der Waals surface area (Å²) >= 11 is 0. The number of rotatable bonds is 6. The minimum Gasteiger partial charge on any atom is -0.489 e. The molecule has 1 saturated carbocycles. The highest BCUT2D eigenvalue weighted by Crippen LogP contribution is 2.42. The second-order valence-electron chi connectivity index (χ2n) is 7.59. The number of hydrogen-bond donors (Lipinski definition) is 1. The fraction of sp³-hybridized carbons (Fsp3) is 0.478. The molecule has 138 valence electrons. The monoisotopic (exact) mass is 350 g/mol. The molecule has 0 amide bonds. The van der Waals surface area contributed by atoms with Gasteiger partial charge in [-0.2, -0.15) is 0 Å². The molecule has 4 rings (SSSR count). The Morgan fingerprint density at radius 1 is 0.923 bits per heavy atom. The lowest BCUT2D eigenvalue weighted by Crippen LogP contribution is -2.46. The third kappa shape index (κ3) is 4.11. The van der Waals surface area contributed by atoms with Crippen LogP contribution in [0.4, 0.5) is 0 Å². The molecule has 2 aromatic carbocycles. The molecule has 3 heteroatoms. The summed E-state index contributed by atoms with van der Waals surface area (Å²) < 4.78 is 6.31. The summed E-state index contributed by atoms with van der Waals surface area (Å²) in [6.45, 7) is 5.09. The minimum atomic E-state index is 0.492. The Hall–Kier alpha value is -1.84. The summed E-state index contributed by atoms with van der Waals surface area (Å²) in [5, 5.41) is 3.50. The highest BCUT2D eigenvalue weighted by molar-refractivity contribution is 5.37. The van der Waals surface area contributed by atoms with Crippen molar-refractivity contribution in [1.29, 1.82) is 0 Å². The first-order valence-corrected chi connectivity index (χ1v) is 10.1. The topological polar surface area (TPSA) is 24.5 Å². The van der Waals surface area contributed by atoms with Crippen molar-refractivity contribution in [2.24, 2.45) is 5.92 Å². The van der Waals surface area contributed by atoms with Crippen LogP contribution in [0.3, 0.4) is 0 Å². The molecule has 0 spiro atoms. The van der Waals surface area contributed by atoms with Gasteiger partial charge in [0.25, 0.3) is 0 Å². The second kappa shape index (κ2) is 8.70. The van der Waals surface area contributed by atoms with E-state index in [-0.39, 0.29) is 0 Å². The molecule has 1 N–H and O–H groups in total. The number of nitrogens with one attached hydrogen (secondary N) is 1. The van der Waals surface area contributed by atoms with E-state index in [2.05, 4.69) is 64.8 Å². The molecule has 0 bridgehead atoms. The maximum Gasteiger partial charge on any atom is 0.124 e. The summed E-state index contributed by atoms with van der Waals surface area (Å²) in [6.07, 6.45) is 5.45. The number of ether oxygens (including phenoxy) is 1. The van der Waals surface area contributed by atoms with Crippen LogP contribution in [0.25, 0.3) is 0 Å². The molecule has 3 nitrogen and oxygen atoms in total. The van der Waals surface area contributed by atoms with Gasteiger partial charge < -0.3 is 10.1 Å². The number of para-hydroxylation sites is 1. The third-order valence-electron chi connectivity index (χ3n) is 5.87. The Bertz CT molecular complexity index is 676. The zero-order valence-corrected chi connectivity index (χ0v) is 15.6. The molecule has 1 heterocycles. The number of nitrogens with zero attached hydrogens (tertiary/aromatic N) is 1.